The molecule has 1 N–H and O–H groups in total. The molecule has 0 saturated carbocycles. The van der Waals surface area contributed by atoms with E-state index in [1.807, 2.05) is 25.1 Å². The number of likely N-dealkylation sites (N-methyl/N-ethyl adjacent to an activating group) is 1. The SMILES string of the molecule is CCCN(C)CCNc1cccc(C)n1. The van der Waals surface area contributed by atoms with Gasteiger partial charge >= 0.3 is 0 Å². The summed E-state index contributed by atoms with van der Waals surface area (Å²) in [5.74, 6) is 0.972. The van der Waals surface area contributed by atoms with Gasteiger partial charge in [0.05, 0.1) is 0 Å². The first-order valence-electron chi connectivity index (χ1n) is 5.58. The maximum Gasteiger partial charge on any atom is 0.126 e. The molecular formula is C12H21N3. The molecule has 3 heteroatoms. The van der Waals surface area contributed by atoms with Crippen molar-refractivity contribution in [3.05, 3.63) is 23.9 Å². The summed E-state index contributed by atoms with van der Waals surface area (Å²) in [7, 11) is 2.15. The van der Waals surface area contributed by atoms with Gasteiger partial charge in [-0.05, 0) is 39.1 Å². The van der Waals surface area contributed by atoms with Crippen LogP contribution in [-0.4, -0.2) is 36.6 Å². The minimum Gasteiger partial charge on any atom is -0.369 e. The van der Waals surface area contributed by atoms with E-state index in [1.54, 1.807) is 0 Å². The van der Waals surface area contributed by atoms with Crippen LogP contribution in [0.2, 0.25) is 0 Å². The van der Waals surface area contributed by atoms with Gasteiger partial charge in [0.25, 0.3) is 0 Å². The Hall–Kier alpha value is -1.09. The molecule has 0 atom stereocenters. The minimum atomic E-state index is 0.951. The molecule has 0 aliphatic rings. The fourth-order valence-corrected chi connectivity index (χ4v) is 1.51. The van der Waals surface area contributed by atoms with E-state index in [0.29, 0.717) is 0 Å². The van der Waals surface area contributed by atoms with Crippen molar-refractivity contribution in [1.29, 1.82) is 0 Å². The third kappa shape index (κ3) is 4.79. The van der Waals surface area contributed by atoms with E-state index in [1.165, 1.54) is 6.42 Å². The first-order chi connectivity index (χ1) is 7.22. The molecule has 0 unspecified atom stereocenters. The van der Waals surface area contributed by atoms with Crippen LogP contribution in [0.3, 0.4) is 0 Å². The van der Waals surface area contributed by atoms with Crippen LogP contribution in [0.5, 0.6) is 0 Å². The maximum absolute atomic E-state index is 4.39. The highest BCUT2D eigenvalue weighted by atomic mass is 15.1. The number of pyridine rings is 1. The molecule has 0 bridgehead atoms. The van der Waals surface area contributed by atoms with Gasteiger partial charge in [-0.1, -0.05) is 13.0 Å². The van der Waals surface area contributed by atoms with E-state index < -0.39 is 0 Å². The summed E-state index contributed by atoms with van der Waals surface area (Å²) in [6, 6.07) is 6.04. The number of hydrogen-bond acceptors (Lipinski definition) is 3. The number of nitrogens with zero attached hydrogens (tertiary/aromatic N) is 2. The molecule has 0 aliphatic carbocycles. The summed E-state index contributed by atoms with van der Waals surface area (Å²) in [4.78, 5) is 6.71. The first-order valence-corrected chi connectivity index (χ1v) is 5.58. The zero-order valence-corrected chi connectivity index (χ0v) is 9.95. The molecule has 1 rings (SSSR count). The highest BCUT2D eigenvalue weighted by molar-refractivity contribution is 5.34. The molecule has 0 spiro atoms. The lowest BCUT2D eigenvalue weighted by atomic mass is 10.3. The second kappa shape index (κ2) is 6.40. The van der Waals surface area contributed by atoms with E-state index in [2.05, 4.69) is 29.2 Å². The van der Waals surface area contributed by atoms with Crippen LogP contribution in [-0.2, 0) is 0 Å². The van der Waals surface area contributed by atoms with E-state index in [9.17, 15) is 0 Å². The van der Waals surface area contributed by atoms with Gasteiger partial charge in [-0.15, -0.1) is 0 Å². The lowest BCUT2D eigenvalue weighted by Gasteiger charge is -2.15. The monoisotopic (exact) mass is 207 g/mol. The zero-order valence-electron chi connectivity index (χ0n) is 9.95. The van der Waals surface area contributed by atoms with Crippen LogP contribution in [0.15, 0.2) is 18.2 Å². The minimum absolute atomic E-state index is 0.951. The van der Waals surface area contributed by atoms with Crippen LogP contribution >= 0.6 is 0 Å². The Morgan fingerprint density at radius 3 is 2.80 bits per heavy atom. The van der Waals surface area contributed by atoms with Crippen molar-refractivity contribution < 1.29 is 0 Å². The number of hydrogen-bond donors (Lipinski definition) is 1. The normalized spacial score (nSPS) is 10.7. The van der Waals surface area contributed by atoms with Crippen LogP contribution in [0.1, 0.15) is 19.0 Å². The van der Waals surface area contributed by atoms with E-state index >= 15 is 0 Å². The third-order valence-electron chi connectivity index (χ3n) is 2.29. The van der Waals surface area contributed by atoms with Gasteiger partial charge in [0.15, 0.2) is 0 Å². The predicted octanol–water partition coefficient (Wildman–Crippen LogP) is 2.14. The van der Waals surface area contributed by atoms with Crippen molar-refractivity contribution in [2.75, 3.05) is 32.0 Å². The lowest BCUT2D eigenvalue weighted by Crippen LogP contribution is -2.26. The summed E-state index contributed by atoms with van der Waals surface area (Å²) in [5.41, 5.74) is 1.06. The van der Waals surface area contributed by atoms with Crippen molar-refractivity contribution in [2.45, 2.75) is 20.3 Å². The molecule has 1 aromatic rings. The van der Waals surface area contributed by atoms with Crippen LogP contribution in [0, 0.1) is 6.92 Å². The number of nitrogens with one attached hydrogen (secondary N) is 1. The quantitative estimate of drug-likeness (QED) is 0.774. The smallest absolute Gasteiger partial charge is 0.126 e. The number of aromatic nitrogens is 1. The Labute approximate surface area is 92.5 Å². The predicted molar refractivity (Wildman–Crippen MR) is 65.3 cm³/mol. The Bertz CT molecular complexity index is 286. The first kappa shape index (κ1) is 12.0. The highest BCUT2D eigenvalue weighted by Crippen LogP contribution is 2.02. The second-order valence-electron chi connectivity index (χ2n) is 3.89. The molecule has 0 saturated heterocycles. The summed E-state index contributed by atoms with van der Waals surface area (Å²) in [6.45, 7) is 7.37. The van der Waals surface area contributed by atoms with Crippen LogP contribution < -0.4 is 5.32 Å². The topological polar surface area (TPSA) is 28.2 Å². The lowest BCUT2D eigenvalue weighted by molar-refractivity contribution is 0.347. The van der Waals surface area contributed by atoms with Gasteiger partial charge in [-0.3, -0.25) is 0 Å². The van der Waals surface area contributed by atoms with Gasteiger partial charge in [0, 0.05) is 18.8 Å². The molecule has 0 fully saturated rings. The Morgan fingerprint density at radius 2 is 2.13 bits per heavy atom. The number of rotatable bonds is 6. The van der Waals surface area contributed by atoms with E-state index in [0.717, 1.165) is 31.1 Å². The summed E-state index contributed by atoms with van der Waals surface area (Å²) in [5, 5.41) is 3.32. The Balaban J connectivity index is 2.25. The number of anilines is 1. The molecule has 0 aromatic carbocycles. The Kier molecular flexibility index (Phi) is 5.12. The molecule has 84 valence electrons. The van der Waals surface area contributed by atoms with Gasteiger partial charge in [0.1, 0.15) is 5.82 Å². The fraction of sp³-hybridized carbons (Fsp3) is 0.583. The van der Waals surface area contributed by atoms with Gasteiger partial charge < -0.3 is 10.2 Å². The highest BCUT2D eigenvalue weighted by Gasteiger charge is 1.97. The molecule has 15 heavy (non-hydrogen) atoms. The molecule has 0 aliphatic heterocycles. The molecule has 3 nitrogen and oxygen atoms in total. The molecule has 1 heterocycles. The van der Waals surface area contributed by atoms with Crippen molar-refractivity contribution in [2.24, 2.45) is 0 Å². The average Bonchev–Trinajstić information content (AvgIpc) is 2.18. The standard InChI is InChI=1S/C12H21N3/c1-4-9-15(3)10-8-13-12-7-5-6-11(2)14-12/h5-7H,4,8-10H2,1-3H3,(H,13,14). The third-order valence-corrected chi connectivity index (χ3v) is 2.29. The van der Waals surface area contributed by atoms with Gasteiger partial charge in [0.2, 0.25) is 0 Å². The van der Waals surface area contributed by atoms with Crippen LogP contribution in [0.4, 0.5) is 5.82 Å². The zero-order chi connectivity index (χ0) is 11.1. The summed E-state index contributed by atoms with van der Waals surface area (Å²) >= 11 is 0. The molecule has 1 aromatic heterocycles. The number of aryl methyl sites for hydroxylation is 1. The van der Waals surface area contributed by atoms with Gasteiger partial charge in [-0.25, -0.2) is 4.98 Å². The molecular weight excluding hydrogens is 186 g/mol. The summed E-state index contributed by atoms with van der Waals surface area (Å²) < 4.78 is 0. The van der Waals surface area contributed by atoms with Crippen molar-refractivity contribution >= 4 is 5.82 Å². The van der Waals surface area contributed by atoms with Crippen molar-refractivity contribution in [1.82, 2.24) is 9.88 Å². The van der Waals surface area contributed by atoms with Crippen molar-refractivity contribution in [3.8, 4) is 0 Å². The van der Waals surface area contributed by atoms with Crippen LogP contribution in [0.25, 0.3) is 0 Å². The molecule has 0 amide bonds. The van der Waals surface area contributed by atoms with E-state index in [4.69, 9.17) is 0 Å². The maximum atomic E-state index is 4.39. The fourth-order valence-electron chi connectivity index (χ4n) is 1.51. The Morgan fingerprint density at radius 1 is 1.33 bits per heavy atom. The molecule has 0 radical (unpaired) electrons. The van der Waals surface area contributed by atoms with E-state index in [-0.39, 0.29) is 0 Å². The summed E-state index contributed by atoms with van der Waals surface area (Å²) in [6.07, 6.45) is 1.21. The largest absolute Gasteiger partial charge is 0.369 e. The second-order valence-corrected chi connectivity index (χ2v) is 3.89. The average molecular weight is 207 g/mol. The van der Waals surface area contributed by atoms with Crippen molar-refractivity contribution in [3.63, 3.8) is 0 Å². The van der Waals surface area contributed by atoms with Gasteiger partial charge in [-0.2, -0.15) is 0 Å².